The van der Waals surface area contributed by atoms with Crippen LogP contribution in [0.1, 0.15) is 18.2 Å². The highest BCUT2D eigenvalue weighted by atomic mass is 35.5. The maximum absolute atomic E-state index is 5.73. The average Bonchev–Trinajstić information content (AvgIpc) is 2.52. The quantitative estimate of drug-likeness (QED) is 0.726. The van der Waals surface area contributed by atoms with E-state index in [0.29, 0.717) is 12.5 Å². The molecule has 0 spiro atoms. The number of nitrogens with one attached hydrogen (secondary N) is 1. The summed E-state index contributed by atoms with van der Waals surface area (Å²) in [6.07, 6.45) is 0. The van der Waals surface area contributed by atoms with Crippen LogP contribution in [0.15, 0.2) is 0 Å². The van der Waals surface area contributed by atoms with E-state index < -0.39 is 0 Å². The van der Waals surface area contributed by atoms with E-state index in [1.165, 1.54) is 0 Å². The Kier molecular flexibility index (Phi) is 2.33. The molecule has 1 aliphatic rings. The van der Waals surface area contributed by atoms with Crippen molar-refractivity contribution in [1.29, 1.82) is 0 Å². The van der Waals surface area contributed by atoms with Crippen LogP contribution in [0, 0.1) is 0 Å². The Morgan fingerprint density at radius 2 is 2.31 bits per heavy atom. The molecule has 1 aromatic rings. The molecule has 5 heteroatoms. The molecule has 1 N–H and O–H groups in total. The number of halogens is 1. The highest BCUT2D eigenvalue weighted by molar-refractivity contribution is 6.28. The summed E-state index contributed by atoms with van der Waals surface area (Å²) in [5.41, 5.74) is 1.98. The number of rotatable bonds is 2. The van der Waals surface area contributed by atoms with Crippen LogP contribution in [0.4, 0.5) is 0 Å². The standard InChI is InChI=1S/C8H10ClN3O/c1-2-13-7-5-3-10-4-6(5)11-8(9)12-7/h10H,2-4H2,1H3. The SMILES string of the molecule is CCOc1nc(Cl)nc2c1CNC2. The van der Waals surface area contributed by atoms with Gasteiger partial charge in [-0.15, -0.1) is 0 Å². The Morgan fingerprint density at radius 1 is 1.46 bits per heavy atom. The minimum atomic E-state index is 0.255. The molecule has 0 aliphatic carbocycles. The van der Waals surface area contributed by atoms with Crippen LogP contribution in [0.2, 0.25) is 5.28 Å². The van der Waals surface area contributed by atoms with Gasteiger partial charge in [0, 0.05) is 13.1 Å². The summed E-state index contributed by atoms with van der Waals surface area (Å²) in [6.45, 7) is 4.03. The van der Waals surface area contributed by atoms with Crippen molar-refractivity contribution in [2.75, 3.05) is 6.61 Å². The average molecular weight is 200 g/mol. The van der Waals surface area contributed by atoms with Gasteiger partial charge in [0.1, 0.15) is 0 Å². The van der Waals surface area contributed by atoms with Crippen LogP contribution < -0.4 is 10.1 Å². The van der Waals surface area contributed by atoms with Gasteiger partial charge >= 0.3 is 0 Å². The molecule has 2 rings (SSSR count). The molecule has 0 fully saturated rings. The molecule has 2 heterocycles. The van der Waals surface area contributed by atoms with Crippen LogP contribution >= 0.6 is 11.6 Å². The number of hydrogen-bond donors (Lipinski definition) is 1. The molecule has 0 unspecified atom stereocenters. The lowest BCUT2D eigenvalue weighted by Gasteiger charge is -2.06. The van der Waals surface area contributed by atoms with E-state index in [9.17, 15) is 0 Å². The molecule has 0 bridgehead atoms. The molecule has 4 nitrogen and oxygen atoms in total. The van der Waals surface area contributed by atoms with Gasteiger partial charge in [-0.1, -0.05) is 0 Å². The summed E-state index contributed by atoms with van der Waals surface area (Å²) in [6, 6.07) is 0. The molecule has 0 radical (unpaired) electrons. The first-order valence-corrected chi connectivity index (χ1v) is 4.58. The number of fused-ring (bicyclic) bond motifs is 1. The molecule has 1 aromatic heterocycles. The molecular weight excluding hydrogens is 190 g/mol. The Balaban J connectivity index is 2.43. The van der Waals surface area contributed by atoms with E-state index in [-0.39, 0.29) is 5.28 Å². The first-order chi connectivity index (χ1) is 6.31. The topological polar surface area (TPSA) is 47.0 Å². The zero-order valence-corrected chi connectivity index (χ0v) is 8.06. The minimum absolute atomic E-state index is 0.255. The molecule has 0 saturated carbocycles. The first kappa shape index (κ1) is 8.72. The molecule has 0 aromatic carbocycles. The van der Waals surface area contributed by atoms with Crippen LogP contribution in [0.25, 0.3) is 0 Å². The van der Waals surface area contributed by atoms with Gasteiger partial charge in [0.05, 0.1) is 17.9 Å². The van der Waals surface area contributed by atoms with Gasteiger partial charge in [-0.25, -0.2) is 4.98 Å². The van der Waals surface area contributed by atoms with Gasteiger partial charge in [0.15, 0.2) is 0 Å². The lowest BCUT2D eigenvalue weighted by Crippen LogP contribution is -2.02. The van der Waals surface area contributed by atoms with E-state index in [4.69, 9.17) is 16.3 Å². The number of aromatic nitrogens is 2. The number of nitrogens with zero attached hydrogens (tertiary/aromatic N) is 2. The van der Waals surface area contributed by atoms with Crippen molar-refractivity contribution >= 4 is 11.6 Å². The maximum atomic E-state index is 5.73. The van der Waals surface area contributed by atoms with Gasteiger partial charge in [0.2, 0.25) is 11.2 Å². The molecule has 0 amide bonds. The van der Waals surface area contributed by atoms with Crippen molar-refractivity contribution in [2.24, 2.45) is 0 Å². The second-order valence-electron chi connectivity index (χ2n) is 2.76. The molecule has 70 valence electrons. The number of hydrogen-bond acceptors (Lipinski definition) is 4. The van der Waals surface area contributed by atoms with Crippen LogP contribution in [-0.2, 0) is 13.1 Å². The highest BCUT2D eigenvalue weighted by Crippen LogP contribution is 2.24. The molecule has 0 saturated heterocycles. The first-order valence-electron chi connectivity index (χ1n) is 4.20. The van der Waals surface area contributed by atoms with Gasteiger partial charge in [-0.05, 0) is 18.5 Å². The monoisotopic (exact) mass is 199 g/mol. The Hall–Kier alpha value is -0.870. The van der Waals surface area contributed by atoms with Gasteiger partial charge in [-0.2, -0.15) is 4.98 Å². The predicted molar refractivity (Wildman–Crippen MR) is 48.8 cm³/mol. The van der Waals surface area contributed by atoms with Crippen molar-refractivity contribution in [3.8, 4) is 5.88 Å². The molecule has 0 atom stereocenters. The fourth-order valence-corrected chi connectivity index (χ4v) is 1.54. The third kappa shape index (κ3) is 1.59. The second kappa shape index (κ2) is 3.47. The highest BCUT2D eigenvalue weighted by Gasteiger charge is 2.18. The largest absolute Gasteiger partial charge is 0.478 e. The number of ether oxygens (including phenoxy) is 1. The maximum Gasteiger partial charge on any atom is 0.225 e. The van der Waals surface area contributed by atoms with E-state index in [0.717, 1.165) is 24.3 Å². The zero-order chi connectivity index (χ0) is 9.26. The third-order valence-electron chi connectivity index (χ3n) is 1.90. The molecular formula is C8H10ClN3O. The van der Waals surface area contributed by atoms with Gasteiger partial charge < -0.3 is 10.1 Å². The summed E-state index contributed by atoms with van der Waals surface area (Å²) in [4.78, 5) is 8.14. The van der Waals surface area contributed by atoms with Crippen LogP contribution in [0.5, 0.6) is 5.88 Å². The van der Waals surface area contributed by atoms with E-state index >= 15 is 0 Å². The van der Waals surface area contributed by atoms with Crippen LogP contribution in [-0.4, -0.2) is 16.6 Å². The van der Waals surface area contributed by atoms with Gasteiger partial charge in [0.25, 0.3) is 0 Å². The van der Waals surface area contributed by atoms with Crippen molar-refractivity contribution in [1.82, 2.24) is 15.3 Å². The lowest BCUT2D eigenvalue weighted by molar-refractivity contribution is 0.322. The van der Waals surface area contributed by atoms with E-state index in [1.807, 2.05) is 6.92 Å². The smallest absolute Gasteiger partial charge is 0.225 e. The zero-order valence-electron chi connectivity index (χ0n) is 7.30. The Morgan fingerprint density at radius 3 is 3.08 bits per heavy atom. The summed E-state index contributed by atoms with van der Waals surface area (Å²) < 4.78 is 5.35. The van der Waals surface area contributed by atoms with E-state index in [2.05, 4.69) is 15.3 Å². The lowest BCUT2D eigenvalue weighted by atomic mass is 10.3. The predicted octanol–water partition coefficient (Wildman–Crippen LogP) is 1.13. The fraction of sp³-hybridized carbons (Fsp3) is 0.500. The third-order valence-corrected chi connectivity index (χ3v) is 2.07. The Bertz CT molecular complexity index is 329. The van der Waals surface area contributed by atoms with Crippen molar-refractivity contribution in [3.05, 3.63) is 16.5 Å². The second-order valence-corrected chi connectivity index (χ2v) is 3.10. The molecule has 1 aliphatic heterocycles. The van der Waals surface area contributed by atoms with Crippen LogP contribution in [0.3, 0.4) is 0 Å². The summed E-state index contributed by atoms with van der Waals surface area (Å²) in [5, 5.41) is 3.43. The van der Waals surface area contributed by atoms with Crippen molar-refractivity contribution in [2.45, 2.75) is 20.0 Å². The summed E-state index contributed by atoms with van der Waals surface area (Å²) >= 11 is 5.73. The van der Waals surface area contributed by atoms with Gasteiger partial charge in [-0.3, -0.25) is 0 Å². The van der Waals surface area contributed by atoms with Crippen molar-refractivity contribution < 1.29 is 4.74 Å². The van der Waals surface area contributed by atoms with E-state index in [1.54, 1.807) is 0 Å². The normalized spacial score (nSPS) is 14.3. The van der Waals surface area contributed by atoms with Crippen molar-refractivity contribution in [3.63, 3.8) is 0 Å². The fourth-order valence-electron chi connectivity index (χ4n) is 1.36. The Labute approximate surface area is 81.3 Å². The summed E-state index contributed by atoms with van der Waals surface area (Å²) in [7, 11) is 0. The summed E-state index contributed by atoms with van der Waals surface area (Å²) in [5.74, 6) is 0.613. The molecule has 13 heavy (non-hydrogen) atoms. The minimum Gasteiger partial charge on any atom is -0.478 e.